The summed E-state index contributed by atoms with van der Waals surface area (Å²) in [5.74, 6) is -0.930. The van der Waals surface area contributed by atoms with Crippen LogP contribution in [0, 0.1) is 0 Å². The Kier molecular flexibility index (Phi) is 6.26. The molecule has 7 nitrogen and oxygen atoms in total. The molecule has 1 fully saturated rings. The van der Waals surface area contributed by atoms with Crippen LogP contribution in [0.2, 0.25) is 10.0 Å². The van der Waals surface area contributed by atoms with Crippen molar-refractivity contribution in [2.45, 2.75) is 20.0 Å². The monoisotopic (exact) mass is 484 g/mol. The number of carbonyl (C=O) groups excluding carboxylic acids is 3. The SMILES string of the molecule is CC(C)OC(=O)c1cc(-c2ccc(C=C3C(=O)NN(c4cccc(Cl)c4)C3=O)o2)ccc1Cl. The fourth-order valence-corrected chi connectivity index (χ4v) is 3.57. The second-order valence-electron chi connectivity index (χ2n) is 7.47. The van der Waals surface area contributed by atoms with Gasteiger partial charge in [0.25, 0.3) is 11.8 Å². The number of nitrogens with zero attached hydrogens (tertiary/aromatic N) is 1. The van der Waals surface area contributed by atoms with Gasteiger partial charge in [-0.3, -0.25) is 15.0 Å². The highest BCUT2D eigenvalue weighted by Gasteiger charge is 2.34. The Labute approximate surface area is 199 Å². The average molecular weight is 485 g/mol. The van der Waals surface area contributed by atoms with Crippen molar-refractivity contribution in [3.8, 4) is 11.3 Å². The molecule has 1 N–H and O–H groups in total. The zero-order valence-corrected chi connectivity index (χ0v) is 19.1. The summed E-state index contributed by atoms with van der Waals surface area (Å²) in [4.78, 5) is 37.5. The number of hydrogen-bond acceptors (Lipinski definition) is 5. The summed E-state index contributed by atoms with van der Waals surface area (Å²) >= 11 is 12.1. The number of ether oxygens (including phenoxy) is 1. The summed E-state index contributed by atoms with van der Waals surface area (Å²) in [5.41, 5.74) is 3.65. The number of amides is 2. The number of esters is 1. The van der Waals surface area contributed by atoms with Crippen molar-refractivity contribution in [3.05, 3.63) is 81.5 Å². The Hall–Kier alpha value is -3.55. The molecular weight excluding hydrogens is 467 g/mol. The van der Waals surface area contributed by atoms with Crippen LogP contribution in [-0.4, -0.2) is 23.9 Å². The van der Waals surface area contributed by atoms with E-state index in [4.69, 9.17) is 32.4 Å². The predicted molar refractivity (Wildman–Crippen MR) is 125 cm³/mol. The van der Waals surface area contributed by atoms with Crippen LogP contribution >= 0.6 is 23.2 Å². The van der Waals surface area contributed by atoms with Crippen LogP contribution < -0.4 is 10.4 Å². The lowest BCUT2D eigenvalue weighted by Crippen LogP contribution is -2.35. The molecule has 9 heteroatoms. The number of hydrazine groups is 1. The maximum Gasteiger partial charge on any atom is 0.339 e. The lowest BCUT2D eigenvalue weighted by molar-refractivity contribution is -0.117. The number of furan rings is 1. The molecule has 33 heavy (non-hydrogen) atoms. The Balaban J connectivity index is 1.60. The summed E-state index contributed by atoms with van der Waals surface area (Å²) in [6.07, 6.45) is 1.07. The minimum atomic E-state index is -0.567. The molecule has 1 aromatic heterocycles. The van der Waals surface area contributed by atoms with E-state index in [0.717, 1.165) is 5.01 Å². The van der Waals surface area contributed by atoms with Crippen molar-refractivity contribution in [2.24, 2.45) is 0 Å². The molecule has 0 aliphatic carbocycles. The number of benzene rings is 2. The van der Waals surface area contributed by atoms with E-state index in [0.29, 0.717) is 22.0 Å². The molecule has 4 rings (SSSR count). The fourth-order valence-electron chi connectivity index (χ4n) is 3.19. The van der Waals surface area contributed by atoms with E-state index in [-0.39, 0.29) is 28.0 Å². The number of anilines is 1. The second-order valence-corrected chi connectivity index (χ2v) is 8.31. The fraction of sp³-hybridized carbons (Fsp3) is 0.125. The van der Waals surface area contributed by atoms with E-state index < -0.39 is 17.8 Å². The molecule has 0 saturated carbocycles. The summed E-state index contributed by atoms with van der Waals surface area (Å²) in [7, 11) is 0. The number of halogens is 2. The average Bonchev–Trinajstić information content (AvgIpc) is 3.34. The van der Waals surface area contributed by atoms with Gasteiger partial charge in [-0.1, -0.05) is 29.3 Å². The number of rotatable bonds is 5. The van der Waals surface area contributed by atoms with Crippen LogP contribution in [0.5, 0.6) is 0 Å². The molecule has 0 atom stereocenters. The topological polar surface area (TPSA) is 88.9 Å². The van der Waals surface area contributed by atoms with Gasteiger partial charge in [-0.2, -0.15) is 0 Å². The molecule has 0 unspecified atom stereocenters. The van der Waals surface area contributed by atoms with Crippen LogP contribution in [0.3, 0.4) is 0 Å². The lowest BCUT2D eigenvalue weighted by Gasteiger charge is -2.14. The molecule has 2 aromatic carbocycles. The van der Waals surface area contributed by atoms with Crippen LogP contribution in [0.4, 0.5) is 5.69 Å². The third kappa shape index (κ3) is 4.79. The molecule has 2 heterocycles. The van der Waals surface area contributed by atoms with Crippen molar-refractivity contribution in [2.75, 3.05) is 5.01 Å². The molecule has 3 aromatic rings. The van der Waals surface area contributed by atoms with E-state index in [9.17, 15) is 14.4 Å². The molecular formula is C24H18Cl2N2O5. The van der Waals surface area contributed by atoms with Gasteiger partial charge in [0.1, 0.15) is 17.1 Å². The summed E-state index contributed by atoms with van der Waals surface area (Å²) in [6.45, 7) is 3.49. The minimum absolute atomic E-state index is 0.0896. The largest absolute Gasteiger partial charge is 0.459 e. The van der Waals surface area contributed by atoms with Crippen LogP contribution in [-0.2, 0) is 14.3 Å². The van der Waals surface area contributed by atoms with Crippen molar-refractivity contribution in [3.63, 3.8) is 0 Å². The van der Waals surface area contributed by atoms with Gasteiger partial charge >= 0.3 is 5.97 Å². The molecule has 1 aliphatic heterocycles. The third-order valence-corrected chi connectivity index (χ3v) is 5.25. The van der Waals surface area contributed by atoms with Crippen molar-refractivity contribution >= 4 is 52.7 Å². The van der Waals surface area contributed by atoms with E-state index in [2.05, 4.69) is 5.43 Å². The Bertz CT molecular complexity index is 1300. The maximum atomic E-state index is 12.8. The van der Waals surface area contributed by atoms with E-state index >= 15 is 0 Å². The first-order chi connectivity index (χ1) is 15.7. The van der Waals surface area contributed by atoms with Crippen LogP contribution in [0.1, 0.15) is 30.0 Å². The lowest BCUT2D eigenvalue weighted by atomic mass is 10.1. The highest BCUT2D eigenvalue weighted by atomic mass is 35.5. The number of nitrogens with one attached hydrogen (secondary N) is 1. The standard InChI is InChI=1S/C24H18Cl2N2O5/c1-13(2)32-24(31)18-10-14(6-8-20(18)26)21-9-7-17(33-21)12-19-22(29)27-28(23(19)30)16-5-3-4-15(25)11-16/h3-13H,1-2H3,(H,27,29). The molecule has 1 aliphatic rings. The Morgan fingerprint density at radius 1 is 1.09 bits per heavy atom. The van der Waals surface area contributed by atoms with E-state index in [1.165, 1.54) is 6.08 Å². The van der Waals surface area contributed by atoms with Gasteiger partial charge in [0.2, 0.25) is 0 Å². The smallest absolute Gasteiger partial charge is 0.339 e. The second kappa shape index (κ2) is 9.13. The van der Waals surface area contributed by atoms with E-state index in [1.54, 1.807) is 68.4 Å². The number of hydrogen-bond donors (Lipinski definition) is 1. The summed E-state index contributed by atoms with van der Waals surface area (Å²) in [5, 5.41) is 1.81. The minimum Gasteiger partial charge on any atom is -0.459 e. The Morgan fingerprint density at radius 3 is 2.61 bits per heavy atom. The first-order valence-corrected chi connectivity index (χ1v) is 10.7. The van der Waals surface area contributed by atoms with Crippen LogP contribution in [0.15, 0.2) is 64.6 Å². The van der Waals surface area contributed by atoms with Gasteiger partial charge in [-0.05, 0) is 68.5 Å². The van der Waals surface area contributed by atoms with Gasteiger partial charge in [-0.15, -0.1) is 0 Å². The molecule has 168 valence electrons. The Morgan fingerprint density at radius 2 is 1.88 bits per heavy atom. The number of carbonyl (C=O) groups is 3. The van der Waals surface area contributed by atoms with Gasteiger partial charge in [-0.25, -0.2) is 9.80 Å². The highest BCUT2D eigenvalue weighted by molar-refractivity contribution is 6.34. The molecule has 0 bridgehead atoms. The van der Waals surface area contributed by atoms with E-state index in [1.807, 2.05) is 0 Å². The third-order valence-electron chi connectivity index (χ3n) is 4.68. The molecule has 0 radical (unpaired) electrons. The maximum absolute atomic E-state index is 12.8. The zero-order valence-electron chi connectivity index (χ0n) is 17.6. The van der Waals surface area contributed by atoms with Crippen molar-refractivity contribution in [1.29, 1.82) is 0 Å². The zero-order chi connectivity index (χ0) is 23.7. The van der Waals surface area contributed by atoms with Crippen LogP contribution in [0.25, 0.3) is 17.4 Å². The van der Waals surface area contributed by atoms with Gasteiger partial charge in [0.15, 0.2) is 0 Å². The normalized spacial score (nSPS) is 14.8. The highest BCUT2D eigenvalue weighted by Crippen LogP contribution is 2.29. The first-order valence-electron chi connectivity index (χ1n) is 9.96. The van der Waals surface area contributed by atoms with Gasteiger partial charge in [0.05, 0.1) is 22.4 Å². The quantitative estimate of drug-likeness (QED) is 0.302. The summed E-state index contributed by atoms with van der Waals surface area (Å²) in [6, 6.07) is 14.7. The summed E-state index contributed by atoms with van der Waals surface area (Å²) < 4.78 is 11.0. The van der Waals surface area contributed by atoms with Gasteiger partial charge in [0, 0.05) is 10.6 Å². The first kappa shape index (κ1) is 22.6. The predicted octanol–water partition coefficient (Wildman–Crippen LogP) is 5.28. The molecule has 2 amide bonds. The van der Waals surface area contributed by atoms with Gasteiger partial charge < -0.3 is 9.15 Å². The molecule has 0 spiro atoms. The van der Waals surface area contributed by atoms with Crippen molar-refractivity contribution < 1.29 is 23.5 Å². The van der Waals surface area contributed by atoms with Crippen molar-refractivity contribution in [1.82, 2.24) is 5.43 Å². The molecule has 1 saturated heterocycles.